The molecule has 0 spiro atoms. The molecule has 0 aliphatic carbocycles. The number of carbonyl (C=O) groups is 1. The average molecular weight is 477 g/mol. The summed E-state index contributed by atoms with van der Waals surface area (Å²) >= 11 is 0. The normalized spacial score (nSPS) is 15.6. The van der Waals surface area contributed by atoms with Gasteiger partial charge in [-0.2, -0.15) is 4.31 Å². The van der Waals surface area contributed by atoms with Crippen LogP contribution in [0.5, 0.6) is 11.5 Å². The van der Waals surface area contributed by atoms with Gasteiger partial charge < -0.3 is 19.5 Å². The van der Waals surface area contributed by atoms with Crippen LogP contribution in [0.4, 0.5) is 0 Å². The van der Waals surface area contributed by atoms with Crippen molar-refractivity contribution in [1.82, 2.24) is 9.62 Å². The summed E-state index contributed by atoms with van der Waals surface area (Å²) in [7, 11) is -0.478. The van der Waals surface area contributed by atoms with Gasteiger partial charge in [-0.3, -0.25) is 4.79 Å². The first-order valence-corrected chi connectivity index (χ1v) is 12.5. The molecule has 9 heteroatoms. The summed E-state index contributed by atoms with van der Waals surface area (Å²) < 4.78 is 43.3. The number of morpholine rings is 1. The fourth-order valence-electron chi connectivity index (χ4n) is 3.82. The molecule has 1 amide bonds. The molecule has 1 N–H and O–H groups in total. The molecule has 0 saturated carbocycles. The van der Waals surface area contributed by atoms with Crippen molar-refractivity contribution in [3.05, 3.63) is 53.6 Å². The molecule has 1 atom stereocenters. The Hall–Kier alpha value is -2.62. The number of methoxy groups -OCH3 is 2. The highest BCUT2D eigenvalue weighted by Gasteiger charge is 2.27. The fourth-order valence-corrected chi connectivity index (χ4v) is 5.28. The van der Waals surface area contributed by atoms with Crippen molar-refractivity contribution in [3.8, 4) is 11.5 Å². The molecule has 1 aliphatic heterocycles. The minimum atomic E-state index is -3.63. The molecular weight excluding hydrogens is 444 g/mol. The van der Waals surface area contributed by atoms with E-state index in [0.717, 1.165) is 17.7 Å². The number of ether oxygens (including phenoxy) is 3. The van der Waals surface area contributed by atoms with Crippen molar-refractivity contribution in [2.75, 3.05) is 40.5 Å². The summed E-state index contributed by atoms with van der Waals surface area (Å²) in [6.07, 6.45) is 1.32. The molecule has 8 nitrogen and oxygen atoms in total. The van der Waals surface area contributed by atoms with E-state index >= 15 is 0 Å². The highest BCUT2D eigenvalue weighted by molar-refractivity contribution is 7.89. The fraction of sp³-hybridized carbons (Fsp3) is 0.458. The van der Waals surface area contributed by atoms with Gasteiger partial charge in [0.25, 0.3) is 0 Å². The third-order valence-corrected chi connectivity index (χ3v) is 7.64. The first-order chi connectivity index (χ1) is 15.9. The molecule has 0 bridgehead atoms. The van der Waals surface area contributed by atoms with Crippen molar-refractivity contribution < 1.29 is 27.4 Å². The van der Waals surface area contributed by atoms with E-state index in [2.05, 4.69) is 5.32 Å². The number of aryl methyl sites for hydroxylation is 1. The van der Waals surface area contributed by atoms with Crippen LogP contribution in [0.25, 0.3) is 0 Å². The topological polar surface area (TPSA) is 94.2 Å². The van der Waals surface area contributed by atoms with Crippen LogP contribution >= 0.6 is 0 Å². The summed E-state index contributed by atoms with van der Waals surface area (Å²) in [5.41, 5.74) is 1.68. The van der Waals surface area contributed by atoms with Crippen molar-refractivity contribution in [2.45, 2.75) is 37.1 Å². The maximum absolute atomic E-state index is 13.0. The van der Waals surface area contributed by atoms with E-state index in [1.807, 2.05) is 31.2 Å². The van der Waals surface area contributed by atoms with Crippen molar-refractivity contribution in [3.63, 3.8) is 0 Å². The standard InChI is InChI=1S/C24H32N2O6S/c1-4-22(18-5-8-20(30-2)9-6-18)25-24(27)12-7-19-17-21(10-11-23(19)31-3)33(28,29)26-13-15-32-16-14-26/h5-6,8-11,17,22H,4,7,12-16H2,1-3H3,(H,25,27)/t22-/m0/s1. The lowest BCUT2D eigenvalue weighted by Gasteiger charge is -2.26. The number of carbonyl (C=O) groups excluding carboxylic acids is 1. The molecule has 3 rings (SSSR count). The summed E-state index contributed by atoms with van der Waals surface area (Å²) in [6.45, 7) is 3.44. The van der Waals surface area contributed by atoms with E-state index in [9.17, 15) is 13.2 Å². The molecule has 1 fully saturated rings. The third-order valence-electron chi connectivity index (χ3n) is 5.74. The van der Waals surface area contributed by atoms with E-state index in [1.165, 1.54) is 11.4 Å². The highest BCUT2D eigenvalue weighted by atomic mass is 32.2. The Morgan fingerprint density at radius 2 is 1.79 bits per heavy atom. The zero-order valence-corrected chi connectivity index (χ0v) is 20.2. The molecule has 2 aromatic carbocycles. The van der Waals surface area contributed by atoms with Crippen LogP contribution in [-0.4, -0.2) is 59.2 Å². The SMILES string of the molecule is CC[C@H](NC(=O)CCc1cc(S(=O)(=O)N2CCOCC2)ccc1OC)c1ccc(OC)cc1. The first kappa shape index (κ1) is 25.0. The zero-order valence-electron chi connectivity index (χ0n) is 19.4. The molecule has 180 valence electrons. The Morgan fingerprint density at radius 1 is 1.09 bits per heavy atom. The molecule has 1 saturated heterocycles. The van der Waals surface area contributed by atoms with Crippen LogP contribution < -0.4 is 14.8 Å². The van der Waals surface area contributed by atoms with E-state index in [4.69, 9.17) is 14.2 Å². The summed E-state index contributed by atoms with van der Waals surface area (Å²) in [5, 5.41) is 3.06. The summed E-state index contributed by atoms with van der Waals surface area (Å²) in [6, 6.07) is 12.3. The van der Waals surface area contributed by atoms with Gasteiger partial charge in [-0.1, -0.05) is 19.1 Å². The maximum Gasteiger partial charge on any atom is 0.243 e. The van der Waals surface area contributed by atoms with E-state index < -0.39 is 10.0 Å². The lowest BCUT2D eigenvalue weighted by molar-refractivity contribution is -0.121. The number of amides is 1. The molecule has 1 aliphatic rings. The Kier molecular flexibility index (Phi) is 8.71. The van der Waals surface area contributed by atoms with E-state index in [-0.39, 0.29) is 23.3 Å². The lowest BCUT2D eigenvalue weighted by Crippen LogP contribution is -2.40. The predicted molar refractivity (Wildman–Crippen MR) is 125 cm³/mol. The minimum absolute atomic E-state index is 0.110. The van der Waals surface area contributed by atoms with Gasteiger partial charge in [0, 0.05) is 19.5 Å². The molecule has 2 aromatic rings. The number of rotatable bonds is 10. The van der Waals surface area contributed by atoms with Crippen LogP contribution in [-0.2, 0) is 26.0 Å². The summed E-state index contributed by atoms with van der Waals surface area (Å²) in [5.74, 6) is 1.21. The van der Waals surface area contributed by atoms with Crippen LogP contribution in [0.1, 0.15) is 36.9 Å². The number of sulfonamides is 1. The van der Waals surface area contributed by atoms with Gasteiger partial charge in [-0.05, 0) is 54.3 Å². The highest BCUT2D eigenvalue weighted by Crippen LogP contribution is 2.26. The van der Waals surface area contributed by atoms with Gasteiger partial charge >= 0.3 is 0 Å². The largest absolute Gasteiger partial charge is 0.497 e. The van der Waals surface area contributed by atoms with Gasteiger partial charge in [0.1, 0.15) is 11.5 Å². The van der Waals surface area contributed by atoms with Crippen LogP contribution in [0, 0.1) is 0 Å². The van der Waals surface area contributed by atoms with Gasteiger partial charge in [-0.15, -0.1) is 0 Å². The molecular formula is C24H32N2O6S. The summed E-state index contributed by atoms with van der Waals surface area (Å²) in [4.78, 5) is 12.9. The molecule has 33 heavy (non-hydrogen) atoms. The number of hydrogen-bond donors (Lipinski definition) is 1. The van der Waals surface area contributed by atoms with Crippen LogP contribution in [0.2, 0.25) is 0 Å². The third kappa shape index (κ3) is 6.25. The molecule has 0 aromatic heterocycles. The molecule has 0 unspecified atom stereocenters. The molecule has 1 heterocycles. The second kappa shape index (κ2) is 11.5. The van der Waals surface area contributed by atoms with Crippen LogP contribution in [0.15, 0.2) is 47.4 Å². The van der Waals surface area contributed by atoms with E-state index in [1.54, 1.807) is 25.3 Å². The number of hydrogen-bond acceptors (Lipinski definition) is 6. The van der Waals surface area contributed by atoms with Gasteiger partial charge in [-0.25, -0.2) is 8.42 Å². The smallest absolute Gasteiger partial charge is 0.243 e. The second-order valence-electron chi connectivity index (χ2n) is 7.79. The second-order valence-corrected chi connectivity index (χ2v) is 9.73. The Labute approximate surface area is 195 Å². The lowest BCUT2D eigenvalue weighted by atomic mass is 10.0. The number of nitrogens with one attached hydrogen (secondary N) is 1. The van der Waals surface area contributed by atoms with Gasteiger partial charge in [0.15, 0.2) is 0 Å². The van der Waals surface area contributed by atoms with Crippen molar-refractivity contribution in [2.24, 2.45) is 0 Å². The number of nitrogens with zero attached hydrogens (tertiary/aromatic N) is 1. The van der Waals surface area contributed by atoms with Crippen LogP contribution in [0.3, 0.4) is 0 Å². The van der Waals surface area contributed by atoms with Gasteiger partial charge in [0.05, 0.1) is 38.4 Å². The van der Waals surface area contributed by atoms with E-state index in [0.29, 0.717) is 44.0 Å². The Bertz CT molecular complexity index is 1030. The van der Waals surface area contributed by atoms with Gasteiger partial charge in [0.2, 0.25) is 15.9 Å². The maximum atomic E-state index is 13.0. The van der Waals surface area contributed by atoms with Crippen molar-refractivity contribution in [1.29, 1.82) is 0 Å². The zero-order chi connectivity index (χ0) is 23.8. The Morgan fingerprint density at radius 3 is 2.39 bits per heavy atom. The van der Waals surface area contributed by atoms with Crippen molar-refractivity contribution >= 4 is 15.9 Å². The minimum Gasteiger partial charge on any atom is -0.497 e. The predicted octanol–water partition coefficient (Wildman–Crippen LogP) is 2.92. The quantitative estimate of drug-likeness (QED) is 0.567. The first-order valence-electron chi connectivity index (χ1n) is 11.1. The average Bonchev–Trinajstić information content (AvgIpc) is 2.86. The Balaban J connectivity index is 1.68. The number of benzene rings is 2. The molecule has 0 radical (unpaired) electrons. The monoisotopic (exact) mass is 476 g/mol.